The lowest BCUT2D eigenvalue weighted by Gasteiger charge is -2.08. The van der Waals surface area contributed by atoms with Gasteiger partial charge in [-0.2, -0.15) is 4.98 Å². The number of aromatic nitrogens is 2. The summed E-state index contributed by atoms with van der Waals surface area (Å²) < 4.78 is 9.90. The molecular weight excluding hydrogens is 282 g/mol. The number of benzene rings is 1. The summed E-state index contributed by atoms with van der Waals surface area (Å²) in [4.78, 5) is 15.7. The van der Waals surface area contributed by atoms with Crippen LogP contribution in [0.3, 0.4) is 0 Å². The minimum absolute atomic E-state index is 0.00771. The molecule has 1 N–H and O–H groups in total. The molecule has 0 spiro atoms. The molecule has 0 aliphatic carbocycles. The van der Waals surface area contributed by atoms with Gasteiger partial charge in [-0.1, -0.05) is 16.8 Å². The van der Waals surface area contributed by atoms with Gasteiger partial charge >= 0.3 is 0 Å². The molecule has 1 aromatic heterocycles. The lowest BCUT2D eigenvalue weighted by Crippen LogP contribution is -2.30. The van der Waals surface area contributed by atoms with Crippen molar-refractivity contribution in [3.05, 3.63) is 35.1 Å². The summed E-state index contributed by atoms with van der Waals surface area (Å²) in [6, 6.07) is 6.69. The second kappa shape index (κ2) is 6.49. The lowest BCUT2D eigenvalue weighted by atomic mass is 10.2. The summed E-state index contributed by atoms with van der Waals surface area (Å²) in [6.07, 6.45) is 0. The maximum atomic E-state index is 11.4. The third-order valence-electron chi connectivity index (χ3n) is 2.57. The van der Waals surface area contributed by atoms with Crippen LogP contribution in [0.5, 0.6) is 0 Å². The molecule has 0 saturated heterocycles. The van der Waals surface area contributed by atoms with Crippen LogP contribution in [-0.4, -0.2) is 29.8 Å². The van der Waals surface area contributed by atoms with E-state index in [1.54, 1.807) is 31.2 Å². The summed E-state index contributed by atoms with van der Waals surface area (Å²) in [5.74, 6) is 0.543. The quantitative estimate of drug-likeness (QED) is 0.915. The zero-order valence-corrected chi connectivity index (χ0v) is 11.8. The van der Waals surface area contributed by atoms with E-state index in [4.69, 9.17) is 20.9 Å². The fourth-order valence-electron chi connectivity index (χ4n) is 1.60. The van der Waals surface area contributed by atoms with Crippen LogP contribution in [0.4, 0.5) is 0 Å². The smallest absolute Gasteiger partial charge is 0.257 e. The van der Waals surface area contributed by atoms with E-state index in [2.05, 4.69) is 15.5 Å². The van der Waals surface area contributed by atoms with Crippen LogP contribution in [0.2, 0.25) is 5.02 Å². The highest BCUT2D eigenvalue weighted by Gasteiger charge is 2.16. The van der Waals surface area contributed by atoms with Crippen molar-refractivity contribution in [2.75, 3.05) is 13.7 Å². The van der Waals surface area contributed by atoms with E-state index in [9.17, 15) is 4.79 Å². The van der Waals surface area contributed by atoms with E-state index in [0.29, 0.717) is 16.7 Å². The minimum atomic E-state index is -0.359. The van der Waals surface area contributed by atoms with Gasteiger partial charge in [0.05, 0.1) is 6.04 Å². The molecule has 0 bridgehead atoms. The molecule has 0 saturated carbocycles. The van der Waals surface area contributed by atoms with Crippen molar-refractivity contribution in [1.82, 2.24) is 15.5 Å². The predicted octanol–water partition coefficient (Wildman–Crippen LogP) is 2.21. The molecule has 2 aromatic rings. The zero-order valence-electron chi connectivity index (χ0n) is 11.1. The maximum Gasteiger partial charge on any atom is 0.257 e. The molecule has 0 aliphatic rings. The van der Waals surface area contributed by atoms with E-state index in [-0.39, 0.29) is 18.6 Å². The molecular formula is C13H14ClN3O3. The van der Waals surface area contributed by atoms with E-state index < -0.39 is 0 Å². The Kier molecular flexibility index (Phi) is 4.70. The fourth-order valence-corrected chi connectivity index (χ4v) is 1.73. The van der Waals surface area contributed by atoms with E-state index in [1.165, 1.54) is 7.11 Å². The van der Waals surface area contributed by atoms with E-state index in [0.717, 1.165) is 5.56 Å². The molecule has 1 aromatic carbocycles. The van der Waals surface area contributed by atoms with Gasteiger partial charge in [0.1, 0.15) is 6.61 Å². The number of rotatable bonds is 5. The Labute approximate surface area is 121 Å². The standard InChI is InChI=1S/C13H14ClN3O3/c1-8(15-11(18)7-19-2)12-16-13(20-17-12)9-3-5-10(14)6-4-9/h3-6,8H,7H2,1-2H3,(H,15,18)/t8-/m1/s1. The molecule has 6 nitrogen and oxygen atoms in total. The Bertz CT molecular complexity index is 583. The van der Waals surface area contributed by atoms with Crippen molar-refractivity contribution in [2.24, 2.45) is 0 Å². The summed E-state index contributed by atoms with van der Waals surface area (Å²) in [6.45, 7) is 1.76. The van der Waals surface area contributed by atoms with Gasteiger partial charge in [0.15, 0.2) is 5.82 Å². The number of ether oxygens (including phenoxy) is 1. The molecule has 0 aliphatic heterocycles. The summed E-state index contributed by atoms with van der Waals surface area (Å²) in [5, 5.41) is 7.19. The first-order valence-corrected chi connectivity index (χ1v) is 6.36. The summed E-state index contributed by atoms with van der Waals surface area (Å²) >= 11 is 5.82. The Morgan fingerprint density at radius 2 is 2.15 bits per heavy atom. The minimum Gasteiger partial charge on any atom is -0.375 e. The average Bonchev–Trinajstić information content (AvgIpc) is 2.89. The van der Waals surface area contributed by atoms with Crippen LogP contribution in [0.1, 0.15) is 18.8 Å². The number of nitrogens with one attached hydrogen (secondary N) is 1. The van der Waals surface area contributed by atoms with Gasteiger partial charge in [0.2, 0.25) is 5.91 Å². The highest BCUT2D eigenvalue weighted by Crippen LogP contribution is 2.21. The number of nitrogens with zero attached hydrogens (tertiary/aromatic N) is 2. The van der Waals surface area contributed by atoms with Gasteiger partial charge in [0.25, 0.3) is 5.89 Å². The Balaban J connectivity index is 2.08. The summed E-state index contributed by atoms with van der Waals surface area (Å²) in [5.41, 5.74) is 0.767. The molecule has 7 heteroatoms. The van der Waals surface area contributed by atoms with Gasteiger partial charge in [-0.05, 0) is 31.2 Å². The summed E-state index contributed by atoms with van der Waals surface area (Å²) in [7, 11) is 1.46. The van der Waals surface area contributed by atoms with E-state index >= 15 is 0 Å². The average molecular weight is 296 g/mol. The molecule has 1 heterocycles. The van der Waals surface area contributed by atoms with Gasteiger partial charge in [-0.15, -0.1) is 0 Å². The first-order valence-electron chi connectivity index (χ1n) is 5.98. The first-order chi connectivity index (χ1) is 9.60. The SMILES string of the molecule is COCC(=O)N[C@H](C)c1noc(-c2ccc(Cl)cc2)n1. The molecule has 20 heavy (non-hydrogen) atoms. The third kappa shape index (κ3) is 3.55. The third-order valence-corrected chi connectivity index (χ3v) is 2.83. The van der Waals surface area contributed by atoms with Crippen molar-refractivity contribution in [3.8, 4) is 11.5 Å². The molecule has 1 atom stereocenters. The molecule has 1 amide bonds. The van der Waals surface area contributed by atoms with Crippen LogP contribution >= 0.6 is 11.6 Å². The molecule has 0 unspecified atom stereocenters. The van der Waals surface area contributed by atoms with Crippen molar-refractivity contribution in [2.45, 2.75) is 13.0 Å². The predicted molar refractivity (Wildman–Crippen MR) is 73.2 cm³/mol. The largest absolute Gasteiger partial charge is 0.375 e. The van der Waals surface area contributed by atoms with Gasteiger partial charge in [-0.25, -0.2) is 0 Å². The van der Waals surface area contributed by atoms with Gasteiger partial charge < -0.3 is 14.6 Å². The van der Waals surface area contributed by atoms with Crippen molar-refractivity contribution >= 4 is 17.5 Å². The van der Waals surface area contributed by atoms with Crippen LogP contribution in [0.15, 0.2) is 28.8 Å². The number of methoxy groups -OCH3 is 1. The highest BCUT2D eigenvalue weighted by molar-refractivity contribution is 6.30. The maximum absolute atomic E-state index is 11.4. The van der Waals surface area contributed by atoms with Gasteiger partial charge in [0, 0.05) is 17.7 Å². The van der Waals surface area contributed by atoms with E-state index in [1.807, 2.05) is 0 Å². The first kappa shape index (κ1) is 14.5. The van der Waals surface area contributed by atoms with Crippen molar-refractivity contribution < 1.29 is 14.1 Å². The number of hydrogen-bond donors (Lipinski definition) is 1. The van der Waals surface area contributed by atoms with Crippen molar-refractivity contribution in [1.29, 1.82) is 0 Å². The number of halogens is 1. The Hall–Kier alpha value is -1.92. The lowest BCUT2D eigenvalue weighted by molar-refractivity contribution is -0.125. The molecule has 2 rings (SSSR count). The Morgan fingerprint density at radius 3 is 2.80 bits per heavy atom. The monoisotopic (exact) mass is 295 g/mol. The van der Waals surface area contributed by atoms with Gasteiger partial charge in [-0.3, -0.25) is 4.79 Å². The van der Waals surface area contributed by atoms with Crippen LogP contribution in [0.25, 0.3) is 11.5 Å². The van der Waals surface area contributed by atoms with Crippen LogP contribution in [0, 0.1) is 0 Å². The number of hydrogen-bond acceptors (Lipinski definition) is 5. The highest BCUT2D eigenvalue weighted by atomic mass is 35.5. The fraction of sp³-hybridized carbons (Fsp3) is 0.308. The zero-order chi connectivity index (χ0) is 14.5. The second-order valence-corrected chi connectivity index (χ2v) is 4.62. The second-order valence-electron chi connectivity index (χ2n) is 4.19. The topological polar surface area (TPSA) is 77.2 Å². The normalized spacial score (nSPS) is 12.2. The molecule has 106 valence electrons. The number of carbonyl (C=O) groups is 1. The Morgan fingerprint density at radius 1 is 1.45 bits per heavy atom. The van der Waals surface area contributed by atoms with Crippen LogP contribution < -0.4 is 5.32 Å². The van der Waals surface area contributed by atoms with Crippen molar-refractivity contribution in [3.63, 3.8) is 0 Å². The van der Waals surface area contributed by atoms with Crippen LogP contribution in [-0.2, 0) is 9.53 Å². The number of amides is 1. The molecule has 0 radical (unpaired) electrons. The number of carbonyl (C=O) groups excluding carboxylic acids is 1. The molecule has 0 fully saturated rings.